The number of carbonyl (C=O) groups excluding carboxylic acids is 1. The maximum absolute atomic E-state index is 12.1. The van der Waals surface area contributed by atoms with E-state index in [4.69, 9.17) is 11.6 Å². The van der Waals surface area contributed by atoms with Gasteiger partial charge in [-0.1, -0.05) is 48.9 Å². The van der Waals surface area contributed by atoms with Crippen molar-refractivity contribution < 1.29 is 4.79 Å². The summed E-state index contributed by atoms with van der Waals surface area (Å²) in [5.41, 5.74) is 1.92. The van der Waals surface area contributed by atoms with Gasteiger partial charge < -0.3 is 0 Å². The number of ketones is 1. The number of carbonyl (C=O) groups is 1. The minimum absolute atomic E-state index is 0.156. The van der Waals surface area contributed by atoms with Crippen LogP contribution in [0.25, 0.3) is 0 Å². The summed E-state index contributed by atoms with van der Waals surface area (Å²) in [4.78, 5) is 12.1. The lowest BCUT2D eigenvalue weighted by atomic mass is 9.93. The van der Waals surface area contributed by atoms with Gasteiger partial charge in [0.05, 0.1) is 0 Å². The van der Waals surface area contributed by atoms with Crippen LogP contribution >= 0.6 is 11.6 Å². The minimum Gasteiger partial charge on any atom is -0.294 e. The fourth-order valence-electron chi connectivity index (χ4n) is 1.93. The Hall–Kier alpha value is -1.60. The fraction of sp³-hybridized carbons (Fsp3) is 0.188. The number of halogens is 1. The van der Waals surface area contributed by atoms with Crippen LogP contribution in [0.4, 0.5) is 0 Å². The second-order valence-electron chi connectivity index (χ2n) is 4.45. The quantitative estimate of drug-likeness (QED) is 0.726. The molecule has 0 saturated carbocycles. The molecule has 0 heterocycles. The first kappa shape index (κ1) is 12.8. The Morgan fingerprint density at radius 1 is 1.06 bits per heavy atom. The Bertz CT molecular complexity index is 517. The van der Waals surface area contributed by atoms with Crippen LogP contribution in [0.5, 0.6) is 0 Å². The molecule has 0 bridgehead atoms. The third-order valence-electron chi connectivity index (χ3n) is 3.03. The predicted molar refractivity (Wildman–Crippen MR) is 75.3 cm³/mol. The average Bonchev–Trinajstić information content (AvgIpc) is 2.40. The molecule has 1 atom stereocenters. The van der Waals surface area contributed by atoms with E-state index in [1.807, 2.05) is 18.2 Å². The lowest BCUT2D eigenvalue weighted by Gasteiger charge is -2.10. The van der Waals surface area contributed by atoms with Gasteiger partial charge in [-0.2, -0.15) is 0 Å². The maximum atomic E-state index is 12.1. The van der Waals surface area contributed by atoms with Crippen LogP contribution in [0.3, 0.4) is 0 Å². The average molecular weight is 259 g/mol. The molecule has 0 N–H and O–H groups in total. The summed E-state index contributed by atoms with van der Waals surface area (Å²) in [7, 11) is 0. The third kappa shape index (κ3) is 3.21. The molecular formula is C16H15ClO. The van der Waals surface area contributed by atoms with E-state index < -0.39 is 0 Å². The molecule has 0 spiro atoms. The molecule has 0 amide bonds. The van der Waals surface area contributed by atoms with E-state index in [2.05, 4.69) is 19.1 Å². The summed E-state index contributed by atoms with van der Waals surface area (Å²) in [6, 6.07) is 17.2. The topological polar surface area (TPSA) is 17.1 Å². The van der Waals surface area contributed by atoms with Gasteiger partial charge in [0.1, 0.15) is 0 Å². The summed E-state index contributed by atoms with van der Waals surface area (Å²) in [5, 5.41) is 0.655. The molecule has 0 radical (unpaired) electrons. The molecule has 1 unspecified atom stereocenters. The van der Waals surface area contributed by atoms with Gasteiger partial charge in [0.25, 0.3) is 0 Å². The molecule has 0 aliphatic carbocycles. The van der Waals surface area contributed by atoms with Gasteiger partial charge >= 0.3 is 0 Å². The number of Topliss-reactive ketones (excluding diaryl/α,β-unsaturated/α-hetero) is 1. The number of hydrogen-bond donors (Lipinski definition) is 0. The predicted octanol–water partition coefficient (Wildman–Crippen LogP) is 4.72. The van der Waals surface area contributed by atoms with Crippen LogP contribution in [0.2, 0.25) is 5.02 Å². The van der Waals surface area contributed by atoms with E-state index in [0.29, 0.717) is 11.4 Å². The summed E-state index contributed by atoms with van der Waals surface area (Å²) in [6.07, 6.45) is 0.519. The molecule has 0 aromatic heterocycles. The smallest absolute Gasteiger partial charge is 0.163 e. The van der Waals surface area contributed by atoms with Crippen molar-refractivity contribution in [3.05, 3.63) is 70.7 Å². The molecule has 2 aromatic carbocycles. The highest BCUT2D eigenvalue weighted by atomic mass is 35.5. The van der Waals surface area contributed by atoms with Crippen molar-refractivity contribution >= 4 is 17.4 Å². The van der Waals surface area contributed by atoms with E-state index in [1.165, 1.54) is 5.56 Å². The molecule has 0 fully saturated rings. The molecule has 18 heavy (non-hydrogen) atoms. The van der Waals surface area contributed by atoms with Gasteiger partial charge in [-0.25, -0.2) is 0 Å². The summed E-state index contributed by atoms with van der Waals surface area (Å²) < 4.78 is 0. The highest BCUT2D eigenvalue weighted by Crippen LogP contribution is 2.21. The molecule has 0 aliphatic rings. The van der Waals surface area contributed by atoms with Crippen LogP contribution in [-0.2, 0) is 0 Å². The lowest BCUT2D eigenvalue weighted by Crippen LogP contribution is -2.04. The van der Waals surface area contributed by atoms with Crippen molar-refractivity contribution in [3.63, 3.8) is 0 Å². The zero-order valence-electron chi connectivity index (χ0n) is 10.3. The van der Waals surface area contributed by atoms with Crippen molar-refractivity contribution in [1.82, 2.24) is 0 Å². The molecule has 2 heteroatoms. The fourth-order valence-corrected chi connectivity index (χ4v) is 2.06. The first-order valence-electron chi connectivity index (χ1n) is 6.00. The van der Waals surface area contributed by atoms with Crippen LogP contribution < -0.4 is 0 Å². The first-order valence-corrected chi connectivity index (χ1v) is 6.38. The Labute approximate surface area is 112 Å². The highest BCUT2D eigenvalue weighted by Gasteiger charge is 2.12. The first-order chi connectivity index (χ1) is 8.66. The van der Waals surface area contributed by atoms with E-state index in [9.17, 15) is 4.79 Å². The second kappa shape index (κ2) is 5.83. The van der Waals surface area contributed by atoms with E-state index in [1.54, 1.807) is 24.3 Å². The van der Waals surface area contributed by atoms with E-state index >= 15 is 0 Å². The Morgan fingerprint density at radius 2 is 1.67 bits per heavy atom. The van der Waals surface area contributed by atoms with Gasteiger partial charge in [0.2, 0.25) is 0 Å². The number of hydrogen-bond acceptors (Lipinski definition) is 1. The summed E-state index contributed by atoms with van der Waals surface area (Å²) in [5.74, 6) is 0.386. The largest absolute Gasteiger partial charge is 0.294 e. The Kier molecular flexibility index (Phi) is 4.16. The van der Waals surface area contributed by atoms with Crippen LogP contribution in [0, 0.1) is 0 Å². The molecule has 0 aliphatic heterocycles. The molecular weight excluding hydrogens is 244 g/mol. The van der Waals surface area contributed by atoms with Crippen LogP contribution in [0.1, 0.15) is 35.2 Å². The summed E-state index contributed by atoms with van der Waals surface area (Å²) >= 11 is 5.81. The van der Waals surface area contributed by atoms with Gasteiger partial charge in [0.15, 0.2) is 5.78 Å². The van der Waals surface area contributed by atoms with Gasteiger partial charge in [-0.05, 0) is 35.7 Å². The number of rotatable bonds is 4. The maximum Gasteiger partial charge on any atom is 0.163 e. The normalized spacial score (nSPS) is 12.1. The third-order valence-corrected chi connectivity index (χ3v) is 3.28. The SMILES string of the molecule is CC(CC(=O)c1ccc(Cl)cc1)c1ccccc1. The van der Waals surface area contributed by atoms with Gasteiger partial charge in [-0.15, -0.1) is 0 Å². The highest BCUT2D eigenvalue weighted by molar-refractivity contribution is 6.30. The molecule has 2 aromatic rings. The van der Waals surface area contributed by atoms with Crippen LogP contribution in [0.15, 0.2) is 54.6 Å². The Balaban J connectivity index is 2.06. The van der Waals surface area contributed by atoms with Crippen LogP contribution in [-0.4, -0.2) is 5.78 Å². The Morgan fingerprint density at radius 3 is 2.28 bits per heavy atom. The van der Waals surface area contributed by atoms with E-state index in [0.717, 1.165) is 5.56 Å². The molecule has 0 saturated heterocycles. The lowest BCUT2D eigenvalue weighted by molar-refractivity contribution is 0.0975. The number of benzene rings is 2. The molecule has 2 rings (SSSR count). The van der Waals surface area contributed by atoms with E-state index in [-0.39, 0.29) is 11.7 Å². The standard InChI is InChI=1S/C16H15ClO/c1-12(13-5-3-2-4-6-13)11-16(18)14-7-9-15(17)10-8-14/h2-10,12H,11H2,1H3. The monoisotopic (exact) mass is 258 g/mol. The molecule has 92 valence electrons. The van der Waals surface area contributed by atoms with Crippen molar-refractivity contribution in [2.24, 2.45) is 0 Å². The second-order valence-corrected chi connectivity index (χ2v) is 4.88. The zero-order valence-corrected chi connectivity index (χ0v) is 11.0. The summed E-state index contributed by atoms with van der Waals surface area (Å²) in [6.45, 7) is 2.07. The van der Waals surface area contributed by atoms with Gasteiger partial charge in [0, 0.05) is 17.0 Å². The van der Waals surface area contributed by atoms with Crippen molar-refractivity contribution in [1.29, 1.82) is 0 Å². The van der Waals surface area contributed by atoms with Crippen molar-refractivity contribution in [2.45, 2.75) is 19.3 Å². The van der Waals surface area contributed by atoms with Crippen molar-refractivity contribution in [3.8, 4) is 0 Å². The van der Waals surface area contributed by atoms with Crippen molar-refractivity contribution in [2.75, 3.05) is 0 Å². The van der Waals surface area contributed by atoms with Gasteiger partial charge in [-0.3, -0.25) is 4.79 Å². The minimum atomic E-state index is 0.156. The molecule has 1 nitrogen and oxygen atoms in total. The zero-order chi connectivity index (χ0) is 13.0.